The van der Waals surface area contributed by atoms with Crippen LogP contribution in [-0.2, 0) is 14.8 Å². The summed E-state index contributed by atoms with van der Waals surface area (Å²) < 4.78 is 29.4. The Morgan fingerprint density at radius 1 is 0.889 bits per heavy atom. The summed E-state index contributed by atoms with van der Waals surface area (Å²) in [7, 11) is -3.88. The van der Waals surface area contributed by atoms with Gasteiger partial charge < -0.3 is 0 Å². The fraction of sp³-hybridized carbons (Fsp3) is 0.0526. The van der Waals surface area contributed by atoms with Gasteiger partial charge in [-0.05, 0) is 29.1 Å². The highest BCUT2D eigenvalue weighted by Gasteiger charge is 2.41. The van der Waals surface area contributed by atoms with Crippen molar-refractivity contribution in [3.8, 4) is 0 Å². The van der Waals surface area contributed by atoms with Crippen molar-refractivity contribution in [2.45, 2.75) is 9.46 Å². The Balaban J connectivity index is 1.80. The van der Waals surface area contributed by atoms with Gasteiger partial charge in [0.15, 0.2) is 5.17 Å². The van der Waals surface area contributed by atoms with E-state index in [1.54, 1.807) is 35.7 Å². The van der Waals surface area contributed by atoms with E-state index >= 15 is 0 Å². The molecule has 1 aliphatic rings. The van der Waals surface area contributed by atoms with E-state index in [9.17, 15) is 13.2 Å². The Bertz CT molecular complexity index is 1080. The smallest absolute Gasteiger partial charge is 0.272 e. The Hall–Kier alpha value is -2.42. The first-order chi connectivity index (χ1) is 13.1. The zero-order chi connectivity index (χ0) is 18.9. The van der Waals surface area contributed by atoms with Gasteiger partial charge in [-0.25, -0.2) is 0 Å². The predicted octanol–water partition coefficient (Wildman–Crippen LogP) is 4.31. The maximum absolute atomic E-state index is 13.1. The Kier molecular flexibility index (Phi) is 4.86. The molecule has 2 aromatic carbocycles. The van der Waals surface area contributed by atoms with E-state index in [4.69, 9.17) is 0 Å². The van der Waals surface area contributed by atoms with Gasteiger partial charge in [-0.1, -0.05) is 66.4 Å². The van der Waals surface area contributed by atoms with Gasteiger partial charge in [-0.2, -0.15) is 8.42 Å². The zero-order valence-electron chi connectivity index (χ0n) is 13.9. The van der Waals surface area contributed by atoms with E-state index in [0.717, 1.165) is 28.7 Å². The summed E-state index contributed by atoms with van der Waals surface area (Å²) in [5.74, 6) is -0.211. The summed E-state index contributed by atoms with van der Waals surface area (Å²) in [6.07, 6.45) is 0. The van der Waals surface area contributed by atoms with Crippen molar-refractivity contribution in [1.29, 1.82) is 0 Å². The van der Waals surface area contributed by atoms with Gasteiger partial charge in [0.1, 0.15) is 9.46 Å². The Labute approximate surface area is 165 Å². The van der Waals surface area contributed by atoms with Crippen LogP contribution in [0.4, 0.5) is 5.69 Å². The molecule has 0 radical (unpaired) electrons. The van der Waals surface area contributed by atoms with E-state index in [-0.39, 0.29) is 15.3 Å². The molecule has 8 heteroatoms. The average molecular weight is 415 g/mol. The third-order valence-electron chi connectivity index (χ3n) is 3.92. The van der Waals surface area contributed by atoms with Crippen molar-refractivity contribution in [3.05, 3.63) is 83.7 Å². The molecule has 1 amide bonds. The molecule has 1 saturated heterocycles. The number of rotatable bonds is 4. The molecule has 4 rings (SSSR count). The van der Waals surface area contributed by atoms with Crippen LogP contribution in [0.15, 0.2) is 86.8 Å². The van der Waals surface area contributed by atoms with Gasteiger partial charge in [0.25, 0.3) is 15.9 Å². The lowest BCUT2D eigenvalue weighted by molar-refractivity contribution is -0.117. The zero-order valence-corrected chi connectivity index (χ0v) is 16.4. The Morgan fingerprint density at radius 3 is 2.19 bits per heavy atom. The van der Waals surface area contributed by atoms with Crippen LogP contribution >= 0.6 is 23.1 Å². The molecular weight excluding hydrogens is 400 g/mol. The van der Waals surface area contributed by atoms with Gasteiger partial charge in [0.2, 0.25) is 0 Å². The second-order valence-corrected chi connectivity index (χ2v) is 9.55. The van der Waals surface area contributed by atoms with E-state index < -0.39 is 15.3 Å². The number of hydrogen-bond donors (Lipinski definition) is 0. The normalized spacial score (nSPS) is 19.0. The quantitative estimate of drug-likeness (QED) is 0.638. The molecule has 2 heterocycles. The molecule has 136 valence electrons. The van der Waals surface area contributed by atoms with Crippen LogP contribution in [0.25, 0.3) is 0 Å². The summed E-state index contributed by atoms with van der Waals surface area (Å²) >= 11 is 2.25. The highest BCUT2D eigenvalue weighted by molar-refractivity contribution is 8.16. The van der Waals surface area contributed by atoms with Crippen molar-refractivity contribution >= 4 is 49.9 Å². The standard InChI is InChI=1S/C19H14N2O3S3/c22-18-17(14-8-3-1-4-9-14)26-19(21(18)15-10-5-2-6-11-15)20-27(23,24)16-12-7-13-25-16/h1-13,17H/t17-/m0/s1. The molecule has 27 heavy (non-hydrogen) atoms. The number of anilines is 1. The number of carbonyl (C=O) groups excluding carboxylic acids is 1. The van der Waals surface area contributed by atoms with Crippen LogP contribution < -0.4 is 4.90 Å². The summed E-state index contributed by atoms with van der Waals surface area (Å²) in [6, 6.07) is 21.4. The average Bonchev–Trinajstić information content (AvgIpc) is 3.32. The van der Waals surface area contributed by atoms with E-state index in [0.29, 0.717) is 5.69 Å². The van der Waals surface area contributed by atoms with Crippen LogP contribution in [0.5, 0.6) is 0 Å². The number of thiophene rings is 1. The van der Waals surface area contributed by atoms with Crippen molar-refractivity contribution in [3.63, 3.8) is 0 Å². The molecule has 1 fully saturated rings. The van der Waals surface area contributed by atoms with Crippen molar-refractivity contribution in [1.82, 2.24) is 0 Å². The van der Waals surface area contributed by atoms with Crippen LogP contribution in [0.3, 0.4) is 0 Å². The van der Waals surface area contributed by atoms with Crippen LogP contribution in [0.1, 0.15) is 10.8 Å². The first-order valence-electron chi connectivity index (χ1n) is 8.05. The van der Waals surface area contributed by atoms with Gasteiger partial charge >= 0.3 is 0 Å². The number of sulfonamides is 1. The second-order valence-electron chi connectivity index (χ2n) is 5.70. The van der Waals surface area contributed by atoms with E-state index in [1.807, 2.05) is 36.4 Å². The number of hydrogen-bond acceptors (Lipinski definition) is 5. The molecule has 0 unspecified atom stereocenters. The largest absolute Gasteiger partial charge is 0.294 e. The first-order valence-corrected chi connectivity index (χ1v) is 11.3. The Morgan fingerprint density at radius 2 is 1.56 bits per heavy atom. The van der Waals surface area contributed by atoms with Crippen molar-refractivity contribution in [2.75, 3.05) is 4.90 Å². The molecule has 5 nitrogen and oxygen atoms in total. The van der Waals surface area contributed by atoms with Crippen LogP contribution in [0.2, 0.25) is 0 Å². The molecule has 1 atom stereocenters. The third-order valence-corrected chi connectivity index (χ3v) is 7.87. The van der Waals surface area contributed by atoms with Gasteiger partial charge in [-0.3, -0.25) is 9.69 Å². The SMILES string of the molecule is O=C1[C@H](c2ccccc2)SC(=NS(=O)(=O)c2cccs2)N1c1ccccc1. The minimum atomic E-state index is -3.88. The maximum Gasteiger partial charge on any atom is 0.294 e. The fourth-order valence-electron chi connectivity index (χ4n) is 2.69. The van der Waals surface area contributed by atoms with Crippen molar-refractivity contribution < 1.29 is 13.2 Å². The molecule has 1 aromatic heterocycles. The third kappa shape index (κ3) is 3.55. The molecular formula is C19H14N2O3S3. The number of carbonyl (C=O) groups is 1. The lowest BCUT2D eigenvalue weighted by Gasteiger charge is -2.16. The molecule has 0 aliphatic carbocycles. The van der Waals surface area contributed by atoms with Gasteiger partial charge in [-0.15, -0.1) is 15.7 Å². The highest BCUT2D eigenvalue weighted by Crippen LogP contribution is 2.42. The fourth-order valence-corrected chi connectivity index (χ4v) is 6.01. The summed E-state index contributed by atoms with van der Waals surface area (Å²) in [5, 5.41) is 1.30. The summed E-state index contributed by atoms with van der Waals surface area (Å²) in [4.78, 5) is 14.5. The number of amidine groups is 1. The highest BCUT2D eigenvalue weighted by atomic mass is 32.2. The first kappa shape index (κ1) is 18.0. The minimum absolute atomic E-state index is 0.152. The molecule has 1 aliphatic heterocycles. The number of amides is 1. The van der Waals surface area contributed by atoms with Crippen LogP contribution in [-0.4, -0.2) is 19.5 Å². The van der Waals surface area contributed by atoms with Crippen molar-refractivity contribution in [2.24, 2.45) is 4.40 Å². The molecule has 0 saturated carbocycles. The lowest BCUT2D eigenvalue weighted by Crippen LogP contribution is -2.30. The number of thioether (sulfide) groups is 1. The molecule has 0 bridgehead atoms. The van der Waals surface area contributed by atoms with Gasteiger partial charge in [0, 0.05) is 0 Å². The van der Waals surface area contributed by atoms with E-state index in [1.165, 1.54) is 11.0 Å². The maximum atomic E-state index is 13.1. The monoisotopic (exact) mass is 414 g/mol. The topological polar surface area (TPSA) is 66.8 Å². The van der Waals surface area contributed by atoms with E-state index in [2.05, 4.69) is 4.40 Å². The minimum Gasteiger partial charge on any atom is -0.272 e. The summed E-state index contributed by atoms with van der Waals surface area (Å²) in [6.45, 7) is 0. The summed E-state index contributed by atoms with van der Waals surface area (Å²) in [5.41, 5.74) is 1.40. The van der Waals surface area contributed by atoms with Crippen LogP contribution in [0, 0.1) is 0 Å². The molecule has 0 N–H and O–H groups in total. The lowest BCUT2D eigenvalue weighted by atomic mass is 10.1. The van der Waals surface area contributed by atoms with Gasteiger partial charge in [0.05, 0.1) is 5.69 Å². The number of para-hydroxylation sites is 1. The number of nitrogens with zero attached hydrogens (tertiary/aromatic N) is 2. The predicted molar refractivity (Wildman–Crippen MR) is 110 cm³/mol. The second kappa shape index (κ2) is 7.30. The molecule has 0 spiro atoms. The number of benzene rings is 2. The molecule has 3 aromatic rings.